The molecule has 1 aromatic carbocycles. The van der Waals surface area contributed by atoms with Gasteiger partial charge in [-0.3, -0.25) is 14.6 Å². The second-order valence-corrected chi connectivity index (χ2v) is 5.54. The van der Waals surface area contributed by atoms with E-state index in [0.29, 0.717) is 17.9 Å². The number of fused-ring (bicyclic) bond motifs is 1. The van der Waals surface area contributed by atoms with Crippen molar-refractivity contribution in [2.45, 2.75) is 19.4 Å². The molecule has 3 N–H and O–H groups in total. The van der Waals surface area contributed by atoms with Crippen LogP contribution >= 0.6 is 0 Å². The molecule has 2 amide bonds. The van der Waals surface area contributed by atoms with E-state index in [0.717, 1.165) is 17.7 Å². The topological polar surface area (TPSA) is 88.3 Å². The summed E-state index contributed by atoms with van der Waals surface area (Å²) < 4.78 is 0. The first-order valence-corrected chi connectivity index (χ1v) is 7.48. The molecular formula is C17H18N4O2. The fraction of sp³-hybridized carbons (Fsp3) is 0.235. The number of carbonyl (C=O) groups is 2. The molecule has 2 aromatic rings. The molecule has 23 heavy (non-hydrogen) atoms. The molecule has 0 radical (unpaired) electrons. The number of rotatable bonds is 3. The van der Waals surface area contributed by atoms with Gasteiger partial charge in [-0.1, -0.05) is 6.07 Å². The van der Waals surface area contributed by atoms with Crippen molar-refractivity contribution in [3.8, 4) is 0 Å². The summed E-state index contributed by atoms with van der Waals surface area (Å²) in [6.07, 6.45) is 2.35. The minimum Gasteiger partial charge on any atom is -0.325 e. The van der Waals surface area contributed by atoms with Crippen molar-refractivity contribution in [1.29, 1.82) is 0 Å². The average Bonchev–Trinajstić information content (AvgIpc) is 2.98. The van der Waals surface area contributed by atoms with E-state index in [1.807, 2.05) is 12.1 Å². The number of carbonyl (C=O) groups excluding carboxylic acids is 2. The minimum atomic E-state index is -0.564. The summed E-state index contributed by atoms with van der Waals surface area (Å²) in [6.45, 7) is 2.24. The summed E-state index contributed by atoms with van der Waals surface area (Å²) in [5.41, 5.74) is 8.55. The quantitative estimate of drug-likeness (QED) is 0.900. The van der Waals surface area contributed by atoms with Crippen LogP contribution in [0, 0.1) is 0 Å². The molecule has 3 rings (SSSR count). The Balaban J connectivity index is 1.81. The normalized spacial score (nSPS) is 14.3. The van der Waals surface area contributed by atoms with Gasteiger partial charge in [-0.2, -0.15) is 0 Å². The summed E-state index contributed by atoms with van der Waals surface area (Å²) in [5.74, 6) is -0.346. The lowest BCUT2D eigenvalue weighted by molar-refractivity contribution is -0.117. The summed E-state index contributed by atoms with van der Waals surface area (Å²) in [7, 11) is 0. The Kier molecular flexibility index (Phi) is 4.08. The lowest BCUT2D eigenvalue weighted by atomic mass is 10.1. The highest BCUT2D eigenvalue weighted by atomic mass is 16.2. The molecule has 0 bridgehead atoms. The molecule has 1 atom stereocenters. The predicted octanol–water partition coefficient (Wildman–Crippen LogP) is 1.57. The number of pyridine rings is 1. The van der Waals surface area contributed by atoms with Gasteiger partial charge in [-0.25, -0.2) is 0 Å². The van der Waals surface area contributed by atoms with Crippen LogP contribution < -0.4 is 16.0 Å². The lowest BCUT2D eigenvalue weighted by Gasteiger charge is -2.17. The highest BCUT2D eigenvalue weighted by Crippen LogP contribution is 2.31. The second-order valence-electron chi connectivity index (χ2n) is 5.54. The van der Waals surface area contributed by atoms with Crippen LogP contribution in [-0.4, -0.2) is 29.4 Å². The third-order valence-corrected chi connectivity index (χ3v) is 3.79. The Bertz CT molecular complexity index is 744. The number of benzene rings is 1. The monoisotopic (exact) mass is 310 g/mol. The molecule has 0 spiro atoms. The van der Waals surface area contributed by atoms with Gasteiger partial charge in [0, 0.05) is 24.1 Å². The van der Waals surface area contributed by atoms with Gasteiger partial charge in [-0.05, 0) is 49.2 Å². The van der Waals surface area contributed by atoms with Gasteiger partial charge in [0.2, 0.25) is 5.91 Å². The van der Waals surface area contributed by atoms with E-state index in [4.69, 9.17) is 5.73 Å². The standard InChI is InChI=1S/C17H18N4O2/c1-11(18)16(22)20-13-5-6-15-12(10-13)7-9-21(15)17(23)14-4-2-3-8-19-14/h2-6,8,10-11H,7,9,18H2,1H3,(H,20,22)/t11-/m0/s1. The van der Waals surface area contributed by atoms with Gasteiger partial charge in [0.1, 0.15) is 5.69 Å². The zero-order valence-electron chi connectivity index (χ0n) is 12.8. The van der Waals surface area contributed by atoms with Crippen molar-refractivity contribution in [2.75, 3.05) is 16.8 Å². The fourth-order valence-electron chi connectivity index (χ4n) is 2.57. The molecule has 2 heterocycles. The third-order valence-electron chi connectivity index (χ3n) is 3.79. The molecule has 0 aliphatic carbocycles. The molecule has 1 aliphatic rings. The summed E-state index contributed by atoms with van der Waals surface area (Å²) in [5, 5.41) is 2.77. The second kappa shape index (κ2) is 6.18. The Morgan fingerprint density at radius 3 is 2.83 bits per heavy atom. The number of aromatic nitrogens is 1. The molecule has 1 aromatic heterocycles. The number of hydrogen-bond acceptors (Lipinski definition) is 4. The maximum absolute atomic E-state index is 12.5. The Morgan fingerprint density at radius 1 is 1.30 bits per heavy atom. The zero-order valence-corrected chi connectivity index (χ0v) is 12.8. The first-order valence-electron chi connectivity index (χ1n) is 7.48. The van der Waals surface area contributed by atoms with Gasteiger partial charge >= 0.3 is 0 Å². The highest BCUT2D eigenvalue weighted by Gasteiger charge is 2.26. The van der Waals surface area contributed by atoms with Crippen molar-refractivity contribution >= 4 is 23.2 Å². The number of anilines is 2. The van der Waals surface area contributed by atoms with E-state index in [9.17, 15) is 9.59 Å². The highest BCUT2D eigenvalue weighted by molar-refractivity contribution is 6.06. The van der Waals surface area contributed by atoms with Crippen LogP contribution in [0.25, 0.3) is 0 Å². The van der Waals surface area contributed by atoms with Crippen LogP contribution in [0.3, 0.4) is 0 Å². The van der Waals surface area contributed by atoms with Crippen molar-refractivity contribution in [3.05, 3.63) is 53.9 Å². The van der Waals surface area contributed by atoms with Crippen molar-refractivity contribution < 1.29 is 9.59 Å². The van der Waals surface area contributed by atoms with E-state index >= 15 is 0 Å². The molecule has 118 valence electrons. The van der Waals surface area contributed by atoms with Crippen LogP contribution in [0.4, 0.5) is 11.4 Å². The van der Waals surface area contributed by atoms with Crippen molar-refractivity contribution in [1.82, 2.24) is 4.98 Å². The Labute approximate surface area is 134 Å². The number of nitrogens with two attached hydrogens (primary N) is 1. The molecule has 0 saturated carbocycles. The SMILES string of the molecule is C[C@H](N)C(=O)Nc1ccc2c(c1)CCN2C(=O)c1ccccn1. The van der Waals surface area contributed by atoms with Crippen LogP contribution in [0.2, 0.25) is 0 Å². The van der Waals surface area contributed by atoms with Gasteiger partial charge in [0.15, 0.2) is 0 Å². The largest absolute Gasteiger partial charge is 0.325 e. The van der Waals surface area contributed by atoms with E-state index in [2.05, 4.69) is 10.3 Å². The number of amides is 2. The van der Waals surface area contributed by atoms with Crippen LogP contribution in [-0.2, 0) is 11.2 Å². The molecule has 6 heteroatoms. The van der Waals surface area contributed by atoms with E-state index < -0.39 is 6.04 Å². The van der Waals surface area contributed by atoms with Crippen LogP contribution in [0.15, 0.2) is 42.6 Å². The number of hydrogen-bond donors (Lipinski definition) is 2. The molecule has 0 fully saturated rings. The van der Waals surface area contributed by atoms with Gasteiger partial charge in [0.25, 0.3) is 5.91 Å². The lowest BCUT2D eigenvalue weighted by Crippen LogP contribution is -2.32. The van der Waals surface area contributed by atoms with Gasteiger partial charge in [0.05, 0.1) is 6.04 Å². The maximum atomic E-state index is 12.5. The third kappa shape index (κ3) is 3.07. The Hall–Kier alpha value is -2.73. The minimum absolute atomic E-state index is 0.114. The van der Waals surface area contributed by atoms with Crippen LogP contribution in [0.1, 0.15) is 23.0 Å². The summed E-state index contributed by atoms with van der Waals surface area (Å²) in [4.78, 5) is 30.0. The maximum Gasteiger partial charge on any atom is 0.276 e. The number of nitrogens with zero attached hydrogens (tertiary/aromatic N) is 2. The summed E-state index contributed by atoms with van der Waals surface area (Å²) in [6, 6.07) is 10.2. The van der Waals surface area contributed by atoms with E-state index in [1.54, 1.807) is 42.3 Å². The van der Waals surface area contributed by atoms with Crippen LogP contribution in [0.5, 0.6) is 0 Å². The first kappa shape index (κ1) is 15.2. The average molecular weight is 310 g/mol. The van der Waals surface area contributed by atoms with Crippen molar-refractivity contribution in [2.24, 2.45) is 5.73 Å². The van der Waals surface area contributed by atoms with Gasteiger partial charge in [-0.15, -0.1) is 0 Å². The first-order chi connectivity index (χ1) is 11.1. The molecule has 1 aliphatic heterocycles. The molecule has 0 unspecified atom stereocenters. The summed E-state index contributed by atoms with van der Waals surface area (Å²) >= 11 is 0. The van der Waals surface area contributed by atoms with Gasteiger partial charge < -0.3 is 16.0 Å². The number of nitrogens with one attached hydrogen (secondary N) is 1. The smallest absolute Gasteiger partial charge is 0.276 e. The van der Waals surface area contributed by atoms with E-state index in [-0.39, 0.29) is 11.8 Å². The van der Waals surface area contributed by atoms with E-state index in [1.165, 1.54) is 0 Å². The predicted molar refractivity (Wildman–Crippen MR) is 88.3 cm³/mol. The molecule has 6 nitrogen and oxygen atoms in total. The Morgan fingerprint density at radius 2 is 2.13 bits per heavy atom. The fourth-order valence-corrected chi connectivity index (χ4v) is 2.57. The molecule has 0 saturated heterocycles. The molecular weight excluding hydrogens is 292 g/mol. The zero-order chi connectivity index (χ0) is 16.4. The van der Waals surface area contributed by atoms with Crippen molar-refractivity contribution in [3.63, 3.8) is 0 Å².